The predicted octanol–water partition coefficient (Wildman–Crippen LogP) is 1.46. The number of carbonyl (C=O) groups excluding carboxylic acids is 1. The molecule has 76 valence electrons. The fourth-order valence-electron chi connectivity index (χ4n) is 1.24. The Balaban J connectivity index is 2.19. The van der Waals surface area contributed by atoms with Crippen molar-refractivity contribution in [3.05, 3.63) is 53.9 Å². The molecule has 0 unspecified atom stereocenters. The fraction of sp³-hybridized carbons (Fsp3) is 0.0909. The third-order valence-electron chi connectivity index (χ3n) is 2.02. The number of carbonyl (C=O) groups is 1. The molecule has 0 radical (unpaired) electrons. The van der Waals surface area contributed by atoms with E-state index in [1.165, 1.54) is 0 Å². The minimum atomic E-state index is -0.406. The van der Waals surface area contributed by atoms with E-state index in [9.17, 15) is 4.79 Å². The molecule has 0 atom stereocenters. The van der Waals surface area contributed by atoms with E-state index in [-0.39, 0.29) is 0 Å². The van der Waals surface area contributed by atoms with Gasteiger partial charge in [0.2, 0.25) is 0 Å². The first-order valence-electron chi connectivity index (χ1n) is 4.55. The number of benzene rings is 1. The van der Waals surface area contributed by atoms with Crippen molar-refractivity contribution in [1.29, 1.82) is 0 Å². The van der Waals surface area contributed by atoms with Crippen LogP contribution < -0.4 is 4.84 Å². The van der Waals surface area contributed by atoms with E-state index in [4.69, 9.17) is 4.84 Å². The Bertz CT molecular complexity index is 463. The van der Waals surface area contributed by atoms with Crippen LogP contribution in [0.1, 0.15) is 15.9 Å². The van der Waals surface area contributed by atoms with Crippen molar-refractivity contribution in [1.82, 2.24) is 9.94 Å². The smallest absolute Gasteiger partial charge is 0.314 e. The molecule has 0 aliphatic heterocycles. The van der Waals surface area contributed by atoms with Crippen LogP contribution in [-0.4, -0.2) is 15.9 Å². The summed E-state index contributed by atoms with van der Waals surface area (Å²) < 4.78 is 0. The number of hydrogen-bond acceptors (Lipinski definition) is 3. The lowest BCUT2D eigenvalue weighted by Crippen LogP contribution is -2.20. The lowest BCUT2D eigenvalue weighted by atomic mass is 10.1. The largest absolute Gasteiger partial charge is 0.365 e. The lowest BCUT2D eigenvalue weighted by Gasteiger charge is -2.04. The molecule has 15 heavy (non-hydrogen) atoms. The molecule has 0 aliphatic rings. The number of aromatic nitrogens is 2. The molecule has 2 rings (SSSR count). The first-order chi connectivity index (χ1) is 7.27. The lowest BCUT2D eigenvalue weighted by molar-refractivity contribution is 0.0394. The van der Waals surface area contributed by atoms with Crippen LogP contribution in [-0.2, 0) is 0 Å². The van der Waals surface area contributed by atoms with E-state index in [1.807, 2.05) is 19.1 Å². The van der Waals surface area contributed by atoms with Crippen LogP contribution in [0, 0.1) is 6.92 Å². The molecular formula is C11H10N2O2. The van der Waals surface area contributed by atoms with Gasteiger partial charge < -0.3 is 4.84 Å². The molecule has 4 heteroatoms. The summed E-state index contributed by atoms with van der Waals surface area (Å²) in [6.07, 6.45) is 3.11. The summed E-state index contributed by atoms with van der Waals surface area (Å²) in [6, 6.07) is 8.94. The Hall–Kier alpha value is -2.10. The summed E-state index contributed by atoms with van der Waals surface area (Å²) in [5.74, 6) is -0.406. The highest BCUT2D eigenvalue weighted by atomic mass is 16.7. The van der Waals surface area contributed by atoms with Gasteiger partial charge in [-0.15, -0.1) is 5.10 Å². The van der Waals surface area contributed by atoms with Crippen molar-refractivity contribution < 1.29 is 9.63 Å². The van der Waals surface area contributed by atoms with Crippen molar-refractivity contribution in [2.75, 3.05) is 0 Å². The van der Waals surface area contributed by atoms with Gasteiger partial charge in [0.05, 0.1) is 18.0 Å². The summed E-state index contributed by atoms with van der Waals surface area (Å²) >= 11 is 0. The summed E-state index contributed by atoms with van der Waals surface area (Å²) in [7, 11) is 0. The zero-order chi connectivity index (χ0) is 10.7. The minimum absolute atomic E-state index is 0.406. The van der Waals surface area contributed by atoms with Gasteiger partial charge in [0.25, 0.3) is 0 Å². The molecule has 4 nitrogen and oxygen atoms in total. The highest BCUT2D eigenvalue weighted by Crippen LogP contribution is 2.06. The maximum atomic E-state index is 11.6. The SMILES string of the molecule is Cc1ccccc1C(=O)On1cccn1. The number of aryl methyl sites for hydroxylation is 1. The molecule has 1 aromatic heterocycles. The molecular weight excluding hydrogens is 192 g/mol. The summed E-state index contributed by atoms with van der Waals surface area (Å²) in [4.78, 5) is 17.8. The number of rotatable bonds is 2. The maximum absolute atomic E-state index is 11.6. The summed E-state index contributed by atoms with van der Waals surface area (Å²) in [5, 5.41) is 3.78. The second kappa shape index (κ2) is 3.96. The van der Waals surface area contributed by atoms with Gasteiger partial charge in [-0.25, -0.2) is 4.79 Å². The zero-order valence-corrected chi connectivity index (χ0v) is 8.25. The molecule has 0 saturated heterocycles. The summed E-state index contributed by atoms with van der Waals surface area (Å²) in [6.45, 7) is 1.86. The van der Waals surface area contributed by atoms with Gasteiger partial charge in [-0.05, 0) is 24.6 Å². The van der Waals surface area contributed by atoms with Gasteiger partial charge in [0.1, 0.15) is 0 Å². The Morgan fingerprint density at radius 1 is 1.33 bits per heavy atom. The van der Waals surface area contributed by atoms with Crippen LogP contribution in [0.5, 0.6) is 0 Å². The quantitative estimate of drug-likeness (QED) is 0.740. The van der Waals surface area contributed by atoms with Crippen LogP contribution in [0.15, 0.2) is 42.7 Å². The Kier molecular flexibility index (Phi) is 2.49. The first-order valence-corrected chi connectivity index (χ1v) is 4.55. The third-order valence-corrected chi connectivity index (χ3v) is 2.02. The second-order valence-corrected chi connectivity index (χ2v) is 3.10. The van der Waals surface area contributed by atoms with Gasteiger partial charge in [-0.2, -0.15) is 0 Å². The number of nitrogens with zero attached hydrogens (tertiary/aromatic N) is 2. The maximum Gasteiger partial charge on any atom is 0.365 e. The van der Waals surface area contributed by atoms with Gasteiger partial charge >= 0.3 is 5.97 Å². The summed E-state index contributed by atoms with van der Waals surface area (Å²) in [5.41, 5.74) is 1.43. The van der Waals surface area contributed by atoms with Crippen LogP contribution in [0.25, 0.3) is 0 Å². The second-order valence-electron chi connectivity index (χ2n) is 3.10. The number of hydrogen-bond donors (Lipinski definition) is 0. The molecule has 0 fully saturated rings. The molecule has 0 N–H and O–H groups in total. The highest BCUT2D eigenvalue weighted by Gasteiger charge is 2.10. The molecule has 0 aliphatic carbocycles. The predicted molar refractivity (Wildman–Crippen MR) is 54.3 cm³/mol. The van der Waals surface area contributed by atoms with Crippen LogP contribution in [0.4, 0.5) is 0 Å². The van der Waals surface area contributed by atoms with Crippen molar-refractivity contribution in [3.63, 3.8) is 0 Å². The van der Waals surface area contributed by atoms with Crippen LogP contribution >= 0.6 is 0 Å². The fourth-order valence-corrected chi connectivity index (χ4v) is 1.24. The average molecular weight is 202 g/mol. The van der Waals surface area contributed by atoms with E-state index in [1.54, 1.807) is 30.6 Å². The van der Waals surface area contributed by atoms with Crippen LogP contribution in [0.2, 0.25) is 0 Å². The minimum Gasteiger partial charge on any atom is -0.314 e. The van der Waals surface area contributed by atoms with E-state index in [0.717, 1.165) is 10.4 Å². The first kappa shape index (κ1) is 9.45. The average Bonchev–Trinajstić information content (AvgIpc) is 2.71. The van der Waals surface area contributed by atoms with Crippen molar-refractivity contribution in [2.24, 2.45) is 0 Å². The topological polar surface area (TPSA) is 44.1 Å². The van der Waals surface area contributed by atoms with Crippen molar-refractivity contribution in [3.8, 4) is 0 Å². The molecule has 0 amide bonds. The van der Waals surface area contributed by atoms with E-state index in [0.29, 0.717) is 5.56 Å². The van der Waals surface area contributed by atoms with E-state index >= 15 is 0 Å². The molecule has 1 aromatic carbocycles. The third kappa shape index (κ3) is 2.04. The highest BCUT2D eigenvalue weighted by molar-refractivity contribution is 5.91. The standard InChI is InChI=1S/C11H10N2O2/c1-9-5-2-3-6-10(9)11(14)15-13-8-4-7-12-13/h2-8H,1H3. The Morgan fingerprint density at radius 2 is 2.13 bits per heavy atom. The normalized spacial score (nSPS) is 9.93. The Morgan fingerprint density at radius 3 is 2.80 bits per heavy atom. The van der Waals surface area contributed by atoms with Gasteiger partial charge in [0.15, 0.2) is 0 Å². The Labute approximate surface area is 87.1 Å². The molecule has 0 spiro atoms. The zero-order valence-electron chi connectivity index (χ0n) is 8.25. The van der Waals surface area contributed by atoms with Crippen LogP contribution in [0.3, 0.4) is 0 Å². The van der Waals surface area contributed by atoms with Gasteiger partial charge in [0, 0.05) is 0 Å². The molecule has 0 saturated carbocycles. The van der Waals surface area contributed by atoms with Gasteiger partial charge in [-0.3, -0.25) is 0 Å². The monoisotopic (exact) mass is 202 g/mol. The van der Waals surface area contributed by atoms with E-state index in [2.05, 4.69) is 5.10 Å². The molecule has 0 bridgehead atoms. The molecule has 1 heterocycles. The van der Waals surface area contributed by atoms with Gasteiger partial charge in [-0.1, -0.05) is 23.0 Å². The van der Waals surface area contributed by atoms with E-state index < -0.39 is 5.97 Å². The van der Waals surface area contributed by atoms with Crippen molar-refractivity contribution >= 4 is 5.97 Å². The molecule has 2 aromatic rings. The van der Waals surface area contributed by atoms with Crippen molar-refractivity contribution in [2.45, 2.75) is 6.92 Å².